The van der Waals surface area contributed by atoms with Gasteiger partial charge in [-0.1, -0.05) is 6.92 Å². The van der Waals surface area contributed by atoms with E-state index in [1.807, 2.05) is 0 Å². The fourth-order valence-corrected chi connectivity index (χ4v) is 4.83. The van der Waals surface area contributed by atoms with E-state index in [1.165, 1.54) is 19.3 Å². The summed E-state index contributed by atoms with van der Waals surface area (Å²) in [6.45, 7) is 7.24. The molecule has 3 aliphatic heterocycles. The molecule has 154 valence electrons. The van der Waals surface area contributed by atoms with Gasteiger partial charge >= 0.3 is 0 Å². The van der Waals surface area contributed by atoms with E-state index in [1.54, 1.807) is 0 Å². The van der Waals surface area contributed by atoms with E-state index < -0.39 is 0 Å². The smallest absolute Gasteiger partial charge is 0.222 e. The third-order valence-corrected chi connectivity index (χ3v) is 6.41. The zero-order valence-corrected chi connectivity index (χ0v) is 17.9. The highest BCUT2D eigenvalue weighted by Crippen LogP contribution is 2.30. The van der Waals surface area contributed by atoms with Crippen LogP contribution in [0, 0.1) is 11.8 Å². The Bertz CT molecular complexity index is 617. The number of aryl methyl sites for hydroxylation is 1. The zero-order valence-electron chi connectivity index (χ0n) is 16.2. The van der Waals surface area contributed by atoms with Crippen molar-refractivity contribution < 1.29 is 4.79 Å². The highest BCUT2D eigenvalue weighted by atomic mass is 35.5. The number of nitrogens with one attached hydrogen (secondary N) is 1. The van der Waals surface area contributed by atoms with Crippen LogP contribution in [-0.2, 0) is 17.8 Å². The Balaban J connectivity index is 0.00000131. The molecule has 4 rings (SSSR count). The van der Waals surface area contributed by atoms with Gasteiger partial charge in [-0.2, -0.15) is 0 Å². The number of halogens is 2. The number of hydrogen-bond donors (Lipinski definition) is 1. The van der Waals surface area contributed by atoms with Crippen molar-refractivity contribution in [1.82, 2.24) is 25.0 Å². The number of hydrogen-bond acceptors (Lipinski definition) is 4. The summed E-state index contributed by atoms with van der Waals surface area (Å²) in [5, 5.41) is 12.3. The van der Waals surface area contributed by atoms with Crippen LogP contribution in [0.2, 0.25) is 0 Å². The molecule has 0 saturated carbocycles. The minimum Gasteiger partial charge on any atom is -0.342 e. The number of likely N-dealkylation sites (tertiary alicyclic amines) is 1. The highest BCUT2D eigenvalue weighted by molar-refractivity contribution is 5.85. The number of piperidine rings is 2. The number of nitrogens with zero attached hydrogens (tertiary/aromatic N) is 4. The van der Waals surface area contributed by atoms with Gasteiger partial charge in [0.2, 0.25) is 5.91 Å². The molecule has 1 N–H and O–H groups in total. The Kier molecular flexibility index (Phi) is 8.38. The lowest BCUT2D eigenvalue weighted by Crippen LogP contribution is -2.41. The summed E-state index contributed by atoms with van der Waals surface area (Å²) in [6.07, 6.45) is 7.64. The number of carbonyl (C=O) groups is 1. The molecule has 1 aromatic rings. The third kappa shape index (κ3) is 4.96. The van der Waals surface area contributed by atoms with Crippen LogP contribution < -0.4 is 5.32 Å². The van der Waals surface area contributed by atoms with Crippen molar-refractivity contribution >= 4 is 30.7 Å². The van der Waals surface area contributed by atoms with Crippen molar-refractivity contribution in [3.8, 4) is 0 Å². The first kappa shape index (κ1) is 22.4. The van der Waals surface area contributed by atoms with Crippen molar-refractivity contribution in [3.05, 3.63) is 11.6 Å². The summed E-state index contributed by atoms with van der Waals surface area (Å²) >= 11 is 0. The van der Waals surface area contributed by atoms with Crippen LogP contribution in [0.3, 0.4) is 0 Å². The summed E-state index contributed by atoms with van der Waals surface area (Å²) in [5.74, 6) is 4.08. The fourth-order valence-electron chi connectivity index (χ4n) is 4.83. The summed E-state index contributed by atoms with van der Waals surface area (Å²) in [7, 11) is 0. The van der Waals surface area contributed by atoms with Crippen molar-refractivity contribution in [2.45, 2.75) is 64.3 Å². The molecule has 2 fully saturated rings. The number of carbonyl (C=O) groups excluding carboxylic acids is 1. The van der Waals surface area contributed by atoms with E-state index in [4.69, 9.17) is 0 Å². The predicted molar refractivity (Wildman–Crippen MR) is 111 cm³/mol. The Morgan fingerprint density at radius 3 is 2.81 bits per heavy atom. The topological polar surface area (TPSA) is 63.1 Å². The molecule has 6 nitrogen and oxygen atoms in total. The van der Waals surface area contributed by atoms with E-state index in [0.29, 0.717) is 30.1 Å². The second-order valence-electron chi connectivity index (χ2n) is 8.20. The van der Waals surface area contributed by atoms with Crippen LogP contribution in [0.4, 0.5) is 0 Å². The molecular weight excluding hydrogens is 385 g/mol. The van der Waals surface area contributed by atoms with Crippen LogP contribution in [0.1, 0.15) is 63.0 Å². The normalized spacial score (nSPS) is 25.9. The average Bonchev–Trinajstić information content (AvgIpc) is 3.26. The van der Waals surface area contributed by atoms with Gasteiger partial charge in [-0.05, 0) is 57.0 Å². The lowest BCUT2D eigenvalue weighted by molar-refractivity contribution is -0.133. The van der Waals surface area contributed by atoms with Gasteiger partial charge in [-0.25, -0.2) is 0 Å². The van der Waals surface area contributed by atoms with E-state index >= 15 is 0 Å². The minimum absolute atomic E-state index is 0. The van der Waals surface area contributed by atoms with Crippen LogP contribution in [0.25, 0.3) is 0 Å². The number of rotatable bonds is 4. The van der Waals surface area contributed by atoms with Crippen molar-refractivity contribution in [3.63, 3.8) is 0 Å². The molecule has 1 amide bonds. The molecule has 8 heteroatoms. The zero-order chi connectivity index (χ0) is 17.2. The summed E-state index contributed by atoms with van der Waals surface area (Å²) in [5.41, 5.74) is 0. The van der Waals surface area contributed by atoms with Crippen LogP contribution in [-0.4, -0.2) is 51.8 Å². The first-order valence-corrected chi connectivity index (χ1v) is 10.1. The van der Waals surface area contributed by atoms with Gasteiger partial charge in [0, 0.05) is 38.4 Å². The van der Waals surface area contributed by atoms with Gasteiger partial charge < -0.3 is 14.8 Å². The van der Waals surface area contributed by atoms with Gasteiger partial charge in [0.1, 0.15) is 11.6 Å². The number of amides is 1. The van der Waals surface area contributed by atoms with Gasteiger partial charge in [0.05, 0.1) is 0 Å². The van der Waals surface area contributed by atoms with Crippen molar-refractivity contribution in [2.75, 3.05) is 26.2 Å². The lowest BCUT2D eigenvalue weighted by atomic mass is 9.85. The maximum Gasteiger partial charge on any atom is 0.222 e. The van der Waals surface area contributed by atoms with Gasteiger partial charge in [0.15, 0.2) is 0 Å². The summed E-state index contributed by atoms with van der Waals surface area (Å²) in [6, 6.07) is 0. The number of fused-ring (bicyclic) bond motifs is 1. The minimum atomic E-state index is 0. The molecule has 2 saturated heterocycles. The molecule has 0 aliphatic carbocycles. The molecular formula is C19H33Cl2N5O. The Morgan fingerprint density at radius 1 is 1.19 bits per heavy atom. The number of aromatic nitrogens is 3. The molecule has 27 heavy (non-hydrogen) atoms. The largest absolute Gasteiger partial charge is 0.342 e. The molecule has 3 unspecified atom stereocenters. The second kappa shape index (κ2) is 10.1. The molecule has 1 aromatic heterocycles. The molecule has 3 atom stereocenters. The van der Waals surface area contributed by atoms with E-state index in [9.17, 15) is 4.79 Å². The molecule has 3 aliphatic rings. The van der Waals surface area contributed by atoms with Crippen molar-refractivity contribution in [1.29, 1.82) is 0 Å². The summed E-state index contributed by atoms with van der Waals surface area (Å²) in [4.78, 5) is 15.0. The van der Waals surface area contributed by atoms with Crippen molar-refractivity contribution in [2.24, 2.45) is 11.8 Å². The Hall–Kier alpha value is -0.850. The standard InChI is InChI=1S/C19H31N5O.2ClH/c1-14(15-5-2-8-20-12-15)11-18(25)23-9-3-6-16(13-23)19-22-21-17-7-4-10-24(17)19;;/h14-16,20H,2-13H2,1H3;2*1H. The van der Waals surface area contributed by atoms with Crippen LogP contribution in [0.15, 0.2) is 0 Å². The second-order valence-corrected chi connectivity index (χ2v) is 8.20. The average molecular weight is 418 g/mol. The maximum absolute atomic E-state index is 12.9. The summed E-state index contributed by atoms with van der Waals surface area (Å²) < 4.78 is 2.30. The lowest BCUT2D eigenvalue weighted by Gasteiger charge is -2.34. The fraction of sp³-hybridized carbons (Fsp3) is 0.842. The van der Waals surface area contributed by atoms with E-state index in [2.05, 4.69) is 31.9 Å². The molecule has 0 spiro atoms. The third-order valence-electron chi connectivity index (χ3n) is 6.41. The quantitative estimate of drug-likeness (QED) is 0.817. The van der Waals surface area contributed by atoms with E-state index in [-0.39, 0.29) is 24.8 Å². The highest BCUT2D eigenvalue weighted by Gasteiger charge is 2.31. The molecule has 0 radical (unpaired) electrons. The molecule has 0 aromatic carbocycles. The monoisotopic (exact) mass is 417 g/mol. The SMILES string of the molecule is CC(CC(=O)N1CCCC(c2nnc3n2CCC3)C1)C1CCCNC1.Cl.Cl. The van der Waals surface area contributed by atoms with Gasteiger partial charge in [-0.15, -0.1) is 35.0 Å². The maximum atomic E-state index is 12.9. The van der Waals surface area contributed by atoms with Gasteiger partial charge in [0.25, 0.3) is 0 Å². The van der Waals surface area contributed by atoms with Gasteiger partial charge in [-0.3, -0.25) is 4.79 Å². The molecule has 0 bridgehead atoms. The Labute approximate surface area is 174 Å². The van der Waals surface area contributed by atoms with E-state index in [0.717, 1.165) is 63.6 Å². The van der Waals surface area contributed by atoms with Crippen LogP contribution in [0.5, 0.6) is 0 Å². The first-order chi connectivity index (χ1) is 12.2. The van der Waals surface area contributed by atoms with Crippen LogP contribution >= 0.6 is 24.8 Å². The first-order valence-electron chi connectivity index (χ1n) is 10.1. The Morgan fingerprint density at radius 2 is 2.04 bits per heavy atom. The molecule has 4 heterocycles. The predicted octanol–water partition coefficient (Wildman–Crippen LogP) is 2.80.